The molecule has 1 aliphatic rings. The van der Waals surface area contributed by atoms with Crippen molar-refractivity contribution in [3.05, 3.63) is 48.0 Å². The molecule has 1 aliphatic heterocycles. The van der Waals surface area contributed by atoms with Crippen LogP contribution >= 0.6 is 11.8 Å². The number of nitrogens with zero attached hydrogens (tertiary/aromatic N) is 2. The molecule has 1 fully saturated rings. The highest BCUT2D eigenvalue weighted by atomic mass is 32.2. The summed E-state index contributed by atoms with van der Waals surface area (Å²) in [6, 6.07) is 10.4. The maximum atomic E-state index is 13.0. The monoisotopic (exact) mass is 543 g/mol. The van der Waals surface area contributed by atoms with Gasteiger partial charge in [-0.2, -0.15) is 0 Å². The summed E-state index contributed by atoms with van der Waals surface area (Å²) in [5.41, 5.74) is 0.339. The van der Waals surface area contributed by atoms with Crippen molar-refractivity contribution in [1.82, 2.24) is 13.9 Å². The molecular weight excluding hydrogens is 514 g/mol. The van der Waals surface area contributed by atoms with E-state index in [4.69, 9.17) is 9.47 Å². The Morgan fingerprint density at radius 2 is 1.69 bits per heavy atom. The fourth-order valence-corrected chi connectivity index (χ4v) is 5.82. The maximum Gasteiger partial charge on any atom is 0.255 e. The van der Waals surface area contributed by atoms with Crippen molar-refractivity contribution < 1.29 is 31.1 Å². The van der Waals surface area contributed by atoms with Gasteiger partial charge in [0.2, 0.25) is 20.0 Å². The van der Waals surface area contributed by atoms with E-state index in [1.54, 1.807) is 11.0 Å². The van der Waals surface area contributed by atoms with Gasteiger partial charge in [-0.3, -0.25) is 4.79 Å². The molecule has 1 N–H and O–H groups in total. The lowest BCUT2D eigenvalue weighted by atomic mass is 10.2. The second kappa shape index (κ2) is 11.7. The van der Waals surface area contributed by atoms with Gasteiger partial charge in [0.15, 0.2) is 0 Å². The Morgan fingerprint density at radius 3 is 2.29 bits per heavy atom. The molecule has 1 amide bonds. The number of carbonyl (C=O) groups is 1. The molecule has 0 aliphatic carbocycles. The largest absolute Gasteiger partial charge is 0.492 e. The van der Waals surface area contributed by atoms with Gasteiger partial charge in [-0.15, -0.1) is 11.8 Å². The summed E-state index contributed by atoms with van der Waals surface area (Å²) < 4.78 is 64.3. The molecular formula is C22H29N3O7S3. The summed E-state index contributed by atoms with van der Waals surface area (Å²) in [4.78, 5) is 15.5. The minimum absolute atomic E-state index is 0.00912. The molecule has 2 aromatic rings. The normalized spacial score (nSPS) is 14.8. The number of amides is 1. The summed E-state index contributed by atoms with van der Waals surface area (Å²) in [5, 5.41) is 0. The molecule has 0 atom stereocenters. The highest BCUT2D eigenvalue weighted by Gasteiger charge is 2.24. The summed E-state index contributed by atoms with van der Waals surface area (Å²) in [6.45, 7) is 1.84. The van der Waals surface area contributed by atoms with E-state index in [0.29, 0.717) is 42.5 Å². The third-order valence-corrected chi connectivity index (χ3v) is 9.36. The Hall–Kier alpha value is -2.16. The van der Waals surface area contributed by atoms with Crippen molar-refractivity contribution in [2.75, 3.05) is 59.8 Å². The number of morpholine rings is 1. The molecule has 0 bridgehead atoms. The van der Waals surface area contributed by atoms with Crippen molar-refractivity contribution in [3.8, 4) is 5.75 Å². The molecule has 0 saturated carbocycles. The Bertz CT molecular complexity index is 1240. The van der Waals surface area contributed by atoms with E-state index < -0.39 is 20.0 Å². The minimum atomic E-state index is -3.88. The van der Waals surface area contributed by atoms with Crippen LogP contribution in [0.3, 0.4) is 0 Å². The standard InChI is InChI=1S/C22H29N3O7S3/c1-24(2)35(29,30)18-6-4-17(5-7-18)32-13-10-23-34(27,28)19-8-9-21(33-3)20(16-19)22(26)25-11-14-31-15-12-25/h4-9,16,23H,10-15H2,1-3H3. The molecule has 0 radical (unpaired) electrons. The topological polar surface area (TPSA) is 122 Å². The second-order valence-electron chi connectivity index (χ2n) is 7.77. The van der Waals surface area contributed by atoms with E-state index >= 15 is 0 Å². The van der Waals surface area contributed by atoms with Crippen LogP contribution in [0.25, 0.3) is 0 Å². The number of hydrogen-bond donors (Lipinski definition) is 1. The number of thioether (sulfide) groups is 1. The molecule has 0 aromatic heterocycles. The maximum absolute atomic E-state index is 13.0. The summed E-state index contributed by atoms with van der Waals surface area (Å²) in [5.74, 6) is 0.183. The van der Waals surface area contributed by atoms with Gasteiger partial charge < -0.3 is 14.4 Å². The average Bonchev–Trinajstić information content (AvgIpc) is 2.86. The number of benzene rings is 2. The van der Waals surface area contributed by atoms with Gasteiger partial charge >= 0.3 is 0 Å². The Labute approximate surface area is 210 Å². The SMILES string of the molecule is CSc1ccc(S(=O)(=O)NCCOc2ccc(S(=O)(=O)N(C)C)cc2)cc1C(=O)N1CCOCC1. The fraction of sp³-hybridized carbons (Fsp3) is 0.409. The highest BCUT2D eigenvalue weighted by molar-refractivity contribution is 7.98. The number of nitrogens with one attached hydrogen (secondary N) is 1. The van der Waals surface area contributed by atoms with Crippen molar-refractivity contribution in [2.45, 2.75) is 14.7 Å². The van der Waals surface area contributed by atoms with Crippen LogP contribution in [0.2, 0.25) is 0 Å². The van der Waals surface area contributed by atoms with Gasteiger partial charge in [0.25, 0.3) is 5.91 Å². The first-order chi connectivity index (χ1) is 16.6. The van der Waals surface area contributed by atoms with Gasteiger partial charge in [0, 0.05) is 38.6 Å². The summed E-state index contributed by atoms with van der Waals surface area (Å²) >= 11 is 1.38. The predicted octanol–water partition coefficient (Wildman–Crippen LogP) is 1.49. The van der Waals surface area contributed by atoms with E-state index in [0.717, 1.165) is 4.31 Å². The third-order valence-electron chi connectivity index (χ3n) is 5.28. The molecule has 13 heteroatoms. The van der Waals surface area contributed by atoms with E-state index in [-0.39, 0.29) is 28.8 Å². The summed E-state index contributed by atoms with van der Waals surface area (Å²) in [7, 11) is -4.53. The molecule has 35 heavy (non-hydrogen) atoms. The Balaban J connectivity index is 1.62. The number of hydrogen-bond acceptors (Lipinski definition) is 8. The first-order valence-corrected chi connectivity index (χ1v) is 14.9. The lowest BCUT2D eigenvalue weighted by Gasteiger charge is -2.27. The number of sulfonamides is 2. The lowest BCUT2D eigenvalue weighted by molar-refractivity contribution is 0.0300. The smallest absolute Gasteiger partial charge is 0.255 e. The molecule has 1 saturated heterocycles. The zero-order valence-corrected chi connectivity index (χ0v) is 22.2. The number of rotatable bonds is 10. The molecule has 192 valence electrons. The highest BCUT2D eigenvalue weighted by Crippen LogP contribution is 2.25. The van der Waals surface area contributed by atoms with E-state index in [9.17, 15) is 21.6 Å². The molecule has 2 aromatic carbocycles. The van der Waals surface area contributed by atoms with Gasteiger partial charge in [0.05, 0.1) is 28.6 Å². The first-order valence-electron chi connectivity index (χ1n) is 10.8. The number of carbonyl (C=O) groups excluding carboxylic acids is 1. The molecule has 10 nitrogen and oxygen atoms in total. The zero-order valence-electron chi connectivity index (χ0n) is 19.8. The second-order valence-corrected chi connectivity index (χ2v) is 12.5. The Morgan fingerprint density at radius 1 is 1.06 bits per heavy atom. The fourth-order valence-electron chi connectivity index (χ4n) is 3.31. The molecule has 0 unspecified atom stereocenters. The minimum Gasteiger partial charge on any atom is -0.492 e. The molecule has 3 rings (SSSR count). The van der Waals surface area contributed by atoms with Gasteiger partial charge in [0.1, 0.15) is 12.4 Å². The van der Waals surface area contributed by atoms with Crippen LogP contribution in [0.5, 0.6) is 5.75 Å². The number of ether oxygens (including phenoxy) is 2. The molecule has 0 spiro atoms. The van der Waals surface area contributed by atoms with Gasteiger partial charge in [-0.05, 0) is 48.7 Å². The molecule has 1 heterocycles. The van der Waals surface area contributed by atoms with Crippen molar-refractivity contribution in [2.24, 2.45) is 0 Å². The van der Waals surface area contributed by atoms with Crippen LogP contribution in [-0.4, -0.2) is 91.8 Å². The Kier molecular flexibility index (Phi) is 9.18. The van der Waals surface area contributed by atoms with E-state index in [1.807, 2.05) is 6.26 Å². The quantitative estimate of drug-likeness (QED) is 0.353. The zero-order chi connectivity index (χ0) is 25.6. The van der Waals surface area contributed by atoms with Crippen molar-refractivity contribution in [1.29, 1.82) is 0 Å². The van der Waals surface area contributed by atoms with Gasteiger partial charge in [-0.25, -0.2) is 25.9 Å². The van der Waals surface area contributed by atoms with Gasteiger partial charge in [-0.1, -0.05) is 0 Å². The van der Waals surface area contributed by atoms with E-state index in [2.05, 4.69) is 4.72 Å². The van der Waals surface area contributed by atoms with Crippen LogP contribution in [0.1, 0.15) is 10.4 Å². The first kappa shape index (κ1) is 27.4. The van der Waals surface area contributed by atoms with Crippen molar-refractivity contribution in [3.63, 3.8) is 0 Å². The van der Waals surface area contributed by atoms with E-state index in [1.165, 1.54) is 62.3 Å². The summed E-state index contributed by atoms with van der Waals surface area (Å²) in [6.07, 6.45) is 1.83. The van der Waals surface area contributed by atoms with Crippen LogP contribution in [0.15, 0.2) is 57.2 Å². The van der Waals surface area contributed by atoms with Crippen LogP contribution in [-0.2, 0) is 24.8 Å². The predicted molar refractivity (Wildman–Crippen MR) is 133 cm³/mol. The van der Waals surface area contributed by atoms with Crippen LogP contribution in [0, 0.1) is 0 Å². The third kappa shape index (κ3) is 6.74. The van der Waals surface area contributed by atoms with Crippen molar-refractivity contribution >= 4 is 37.7 Å². The van der Waals surface area contributed by atoms with Crippen LogP contribution in [0.4, 0.5) is 0 Å². The lowest BCUT2D eigenvalue weighted by Crippen LogP contribution is -2.41. The van der Waals surface area contributed by atoms with Crippen LogP contribution < -0.4 is 9.46 Å². The average molecular weight is 544 g/mol.